The van der Waals surface area contributed by atoms with Gasteiger partial charge in [-0.25, -0.2) is 0 Å². The first-order valence-electron chi connectivity index (χ1n) is 11.8. The first-order chi connectivity index (χ1) is 17.8. The summed E-state index contributed by atoms with van der Waals surface area (Å²) in [5.74, 6) is -0.275. The fourth-order valence-electron chi connectivity index (χ4n) is 3.83. The predicted molar refractivity (Wildman–Crippen MR) is 140 cm³/mol. The lowest BCUT2D eigenvalue weighted by molar-refractivity contribution is -0.245. The number of nitrogens with zero attached hydrogens (tertiary/aromatic N) is 2. The number of aromatic nitrogens is 2. The second-order valence-corrected chi connectivity index (χ2v) is 11.1. The van der Waals surface area contributed by atoms with Crippen LogP contribution in [0.2, 0.25) is 0 Å². The number of carbonyl (C=O) groups is 2. The number of hydrogen-bond acceptors (Lipinski definition) is 10. The summed E-state index contributed by atoms with van der Waals surface area (Å²) in [5.41, 5.74) is 3.11. The Labute approximate surface area is 223 Å². The van der Waals surface area contributed by atoms with Crippen LogP contribution in [0.1, 0.15) is 54.4 Å². The minimum atomic E-state index is -0.917. The fourth-order valence-corrected chi connectivity index (χ4v) is 5.69. The number of anilines is 1. The quantitative estimate of drug-likeness (QED) is 0.295. The van der Waals surface area contributed by atoms with Gasteiger partial charge in [-0.1, -0.05) is 59.5 Å². The van der Waals surface area contributed by atoms with Gasteiger partial charge < -0.3 is 24.6 Å². The van der Waals surface area contributed by atoms with Crippen molar-refractivity contribution in [2.75, 3.05) is 11.1 Å². The second-order valence-electron chi connectivity index (χ2n) is 8.61. The summed E-state index contributed by atoms with van der Waals surface area (Å²) in [6.07, 6.45) is -1.29. The van der Waals surface area contributed by atoms with Crippen molar-refractivity contribution in [3.63, 3.8) is 0 Å². The fraction of sp³-hybridized carbons (Fsp3) is 0.385. The lowest BCUT2D eigenvalue weighted by Crippen LogP contribution is -2.31. The smallest absolute Gasteiger partial charge is 0.303 e. The van der Waals surface area contributed by atoms with E-state index in [1.807, 2.05) is 43.3 Å². The van der Waals surface area contributed by atoms with Crippen molar-refractivity contribution in [1.82, 2.24) is 10.2 Å². The molecule has 1 unspecified atom stereocenters. The van der Waals surface area contributed by atoms with Gasteiger partial charge in [0.1, 0.15) is 5.01 Å². The van der Waals surface area contributed by atoms with Crippen LogP contribution in [0.15, 0.2) is 52.9 Å². The minimum absolute atomic E-state index is 0.0212. The largest absolute Gasteiger partial charge is 0.453 e. The van der Waals surface area contributed by atoms with Crippen molar-refractivity contribution >= 4 is 40.7 Å². The number of aliphatic hydroxyl groups is 1. The summed E-state index contributed by atoms with van der Waals surface area (Å²) in [6.45, 7) is 4.68. The summed E-state index contributed by atoms with van der Waals surface area (Å²) in [5, 5.41) is 21.4. The zero-order chi connectivity index (χ0) is 26.4. The van der Waals surface area contributed by atoms with Crippen LogP contribution in [0.25, 0.3) is 0 Å². The summed E-state index contributed by atoms with van der Waals surface area (Å²) in [7, 11) is 0. The number of aliphatic hydroxyl groups excluding tert-OH is 1. The van der Waals surface area contributed by atoms with Crippen LogP contribution in [0.4, 0.5) is 5.69 Å². The van der Waals surface area contributed by atoms with Crippen molar-refractivity contribution in [2.45, 2.75) is 62.7 Å². The van der Waals surface area contributed by atoms with Gasteiger partial charge in [0.05, 0.1) is 18.8 Å². The molecule has 2 aromatic carbocycles. The predicted octanol–water partition coefficient (Wildman–Crippen LogP) is 4.57. The van der Waals surface area contributed by atoms with Gasteiger partial charge in [0.15, 0.2) is 16.7 Å². The average molecular weight is 544 g/mol. The molecule has 1 aromatic heterocycles. The Balaban J connectivity index is 1.51. The highest BCUT2D eigenvalue weighted by Gasteiger charge is 2.32. The Bertz CT molecular complexity index is 1220. The third-order valence-electron chi connectivity index (χ3n) is 5.65. The number of benzene rings is 2. The van der Waals surface area contributed by atoms with E-state index in [-0.39, 0.29) is 18.8 Å². The molecule has 0 aliphatic carbocycles. The van der Waals surface area contributed by atoms with Crippen molar-refractivity contribution in [2.24, 2.45) is 0 Å². The van der Waals surface area contributed by atoms with E-state index in [0.29, 0.717) is 17.9 Å². The SMILES string of the molecule is CC(=O)O[C@@H](C)C(=O)Nc1cccc(C2O[C@H](CSc3nnc(C)s3)C[C@H](c3ccc(CO)cc3)O2)c1. The van der Waals surface area contributed by atoms with E-state index in [1.165, 1.54) is 13.8 Å². The molecule has 0 spiro atoms. The first kappa shape index (κ1) is 27.2. The normalized spacial score (nSPS) is 20.3. The van der Waals surface area contributed by atoms with E-state index in [9.17, 15) is 14.7 Å². The minimum Gasteiger partial charge on any atom is -0.453 e. The molecule has 0 radical (unpaired) electrons. The number of hydrogen-bond donors (Lipinski definition) is 2. The molecule has 1 saturated heterocycles. The molecule has 37 heavy (non-hydrogen) atoms. The van der Waals surface area contributed by atoms with Crippen molar-refractivity contribution in [3.8, 4) is 0 Å². The van der Waals surface area contributed by atoms with Gasteiger partial charge in [0, 0.05) is 30.3 Å². The van der Waals surface area contributed by atoms with Crippen LogP contribution in [0.3, 0.4) is 0 Å². The van der Waals surface area contributed by atoms with Crippen LogP contribution < -0.4 is 5.32 Å². The van der Waals surface area contributed by atoms with Crippen molar-refractivity contribution < 1.29 is 28.9 Å². The van der Waals surface area contributed by atoms with E-state index in [2.05, 4.69) is 15.5 Å². The zero-order valence-electron chi connectivity index (χ0n) is 20.7. The van der Waals surface area contributed by atoms with Crippen LogP contribution >= 0.6 is 23.1 Å². The number of aryl methyl sites for hydroxylation is 1. The Morgan fingerprint density at radius 1 is 1.19 bits per heavy atom. The standard InChI is InChI=1S/C26H29N3O6S2/c1-15(33-17(3)31)24(32)27-21-6-4-5-20(11-21)25-34-22(14-36-26-29-28-16(2)37-26)12-23(35-25)19-9-7-18(13-30)8-10-19/h4-11,15,22-23,25,30H,12-14H2,1-3H3,(H,27,32)/t15-,22-,23+,25?/m0/s1. The molecule has 1 fully saturated rings. The summed E-state index contributed by atoms with van der Waals surface area (Å²) >= 11 is 3.15. The second kappa shape index (κ2) is 12.6. The third kappa shape index (κ3) is 7.59. The van der Waals surface area contributed by atoms with Crippen LogP contribution in [-0.2, 0) is 30.4 Å². The van der Waals surface area contributed by atoms with E-state index < -0.39 is 24.3 Å². The lowest BCUT2D eigenvalue weighted by Gasteiger charge is -2.36. The van der Waals surface area contributed by atoms with Crippen LogP contribution in [-0.4, -0.2) is 45.1 Å². The van der Waals surface area contributed by atoms with Gasteiger partial charge >= 0.3 is 5.97 Å². The number of carbonyl (C=O) groups excluding carboxylic acids is 2. The third-order valence-corrected chi connectivity index (χ3v) is 7.76. The molecule has 4 rings (SSSR count). The van der Waals surface area contributed by atoms with Gasteiger partial charge in [-0.05, 0) is 37.1 Å². The molecule has 1 aliphatic heterocycles. The van der Waals surface area contributed by atoms with E-state index in [0.717, 1.165) is 26.0 Å². The molecular weight excluding hydrogens is 514 g/mol. The Morgan fingerprint density at radius 2 is 1.97 bits per heavy atom. The molecule has 0 bridgehead atoms. The Morgan fingerprint density at radius 3 is 2.65 bits per heavy atom. The maximum absolute atomic E-state index is 12.4. The van der Waals surface area contributed by atoms with Gasteiger partial charge in [-0.3, -0.25) is 9.59 Å². The Hall–Kier alpha value is -2.83. The highest BCUT2D eigenvalue weighted by Crippen LogP contribution is 2.40. The number of esters is 1. The zero-order valence-corrected chi connectivity index (χ0v) is 22.4. The highest BCUT2D eigenvalue weighted by atomic mass is 32.2. The first-order valence-corrected chi connectivity index (χ1v) is 13.6. The van der Waals surface area contributed by atoms with Gasteiger partial charge in [-0.2, -0.15) is 0 Å². The topological polar surface area (TPSA) is 120 Å². The number of ether oxygens (including phenoxy) is 3. The maximum Gasteiger partial charge on any atom is 0.303 e. The summed E-state index contributed by atoms with van der Waals surface area (Å²) in [4.78, 5) is 23.6. The lowest BCUT2D eigenvalue weighted by atomic mass is 10.0. The van der Waals surface area contributed by atoms with Crippen molar-refractivity contribution in [3.05, 3.63) is 70.2 Å². The van der Waals surface area contributed by atoms with E-state index in [4.69, 9.17) is 14.2 Å². The molecule has 0 saturated carbocycles. The Kier molecular flexibility index (Phi) is 9.28. The molecule has 3 aromatic rings. The number of rotatable bonds is 9. The van der Waals surface area contributed by atoms with Gasteiger partial charge in [0.2, 0.25) is 0 Å². The average Bonchev–Trinajstić information content (AvgIpc) is 3.32. The maximum atomic E-state index is 12.4. The van der Waals surface area contributed by atoms with Crippen molar-refractivity contribution in [1.29, 1.82) is 0 Å². The van der Waals surface area contributed by atoms with Crippen LogP contribution in [0.5, 0.6) is 0 Å². The monoisotopic (exact) mass is 543 g/mol. The molecule has 11 heteroatoms. The molecule has 1 amide bonds. The summed E-state index contributed by atoms with van der Waals surface area (Å²) in [6, 6.07) is 14.9. The molecule has 2 N–H and O–H groups in total. The van der Waals surface area contributed by atoms with Crippen LogP contribution in [0, 0.1) is 6.92 Å². The summed E-state index contributed by atoms with van der Waals surface area (Å²) < 4.78 is 18.6. The van der Waals surface area contributed by atoms with Gasteiger partial charge in [0.25, 0.3) is 5.91 Å². The molecular formula is C26H29N3O6S2. The molecule has 2 heterocycles. The molecule has 1 aliphatic rings. The van der Waals surface area contributed by atoms with E-state index >= 15 is 0 Å². The number of amides is 1. The molecule has 4 atom stereocenters. The number of thioether (sulfide) groups is 1. The van der Waals surface area contributed by atoms with E-state index in [1.54, 1.807) is 35.2 Å². The molecule has 196 valence electrons. The highest BCUT2D eigenvalue weighted by molar-refractivity contribution is 8.01. The van der Waals surface area contributed by atoms with Gasteiger partial charge in [-0.15, -0.1) is 10.2 Å². The molecule has 9 nitrogen and oxygen atoms in total. The number of nitrogens with one attached hydrogen (secondary N) is 1.